The van der Waals surface area contributed by atoms with Crippen LogP contribution in [0.15, 0.2) is 12.1 Å². The second-order valence-electron chi connectivity index (χ2n) is 5.08. The monoisotopic (exact) mass is 374 g/mol. The molecule has 0 N–H and O–H groups in total. The van der Waals surface area contributed by atoms with Gasteiger partial charge in [-0.2, -0.15) is 0 Å². The van der Waals surface area contributed by atoms with Crippen molar-refractivity contribution in [3.05, 3.63) is 27.1 Å². The Morgan fingerprint density at radius 3 is 2.70 bits per heavy atom. The van der Waals surface area contributed by atoms with Gasteiger partial charge in [-0.15, -0.1) is 11.3 Å². The number of carbonyl (C=O) groups is 2. The van der Waals surface area contributed by atoms with E-state index in [1.54, 1.807) is 19.1 Å². The molecule has 5 nitrogen and oxygen atoms in total. The second-order valence-corrected chi connectivity index (χ2v) is 6.86. The topological polar surface area (TPSA) is 61.8 Å². The average Bonchev–Trinajstić information content (AvgIpc) is 3.00. The molecule has 2 aromatic rings. The van der Waals surface area contributed by atoms with Crippen molar-refractivity contribution in [3.8, 4) is 5.75 Å². The molecule has 8 heteroatoms. The number of cyclic esters (lactones) is 1. The van der Waals surface area contributed by atoms with Gasteiger partial charge in [0.15, 0.2) is 0 Å². The van der Waals surface area contributed by atoms with Crippen LogP contribution in [0.5, 0.6) is 5.75 Å². The van der Waals surface area contributed by atoms with E-state index in [4.69, 9.17) is 37.4 Å². The highest BCUT2D eigenvalue weighted by Crippen LogP contribution is 2.43. The molecule has 1 saturated heterocycles. The third kappa shape index (κ3) is 2.86. The van der Waals surface area contributed by atoms with Gasteiger partial charge in [-0.05, 0) is 19.1 Å². The number of halogens is 2. The molecule has 1 aliphatic rings. The van der Waals surface area contributed by atoms with Crippen molar-refractivity contribution in [2.45, 2.75) is 25.6 Å². The number of esters is 2. The summed E-state index contributed by atoms with van der Waals surface area (Å²) < 4.78 is 16.0. The Kier molecular flexibility index (Phi) is 4.40. The Bertz CT molecular complexity index is 801. The number of ether oxygens (including phenoxy) is 3. The third-order valence-electron chi connectivity index (χ3n) is 3.48. The molecule has 1 fully saturated rings. The number of fused-ring (bicyclic) bond motifs is 1. The van der Waals surface area contributed by atoms with Crippen LogP contribution in [-0.4, -0.2) is 31.3 Å². The van der Waals surface area contributed by atoms with Crippen LogP contribution in [0.1, 0.15) is 23.0 Å². The zero-order valence-electron chi connectivity index (χ0n) is 12.2. The van der Waals surface area contributed by atoms with Gasteiger partial charge in [0.2, 0.25) is 6.10 Å². The lowest BCUT2D eigenvalue weighted by Gasteiger charge is -2.06. The first kappa shape index (κ1) is 16.4. The fourth-order valence-corrected chi connectivity index (χ4v) is 4.14. The first-order valence-corrected chi connectivity index (χ1v) is 8.35. The van der Waals surface area contributed by atoms with Gasteiger partial charge in [-0.1, -0.05) is 23.2 Å². The highest BCUT2D eigenvalue weighted by atomic mass is 35.5. The molecule has 0 spiro atoms. The Labute approximate surface area is 146 Å². The van der Waals surface area contributed by atoms with Gasteiger partial charge in [0, 0.05) is 11.8 Å². The lowest BCUT2D eigenvalue weighted by molar-refractivity contribution is -0.147. The van der Waals surface area contributed by atoms with Gasteiger partial charge in [0.25, 0.3) is 0 Å². The van der Waals surface area contributed by atoms with Gasteiger partial charge in [0.1, 0.15) is 21.8 Å². The maximum Gasteiger partial charge on any atom is 0.350 e. The van der Waals surface area contributed by atoms with E-state index in [2.05, 4.69) is 0 Å². The van der Waals surface area contributed by atoms with Crippen molar-refractivity contribution < 1.29 is 23.8 Å². The number of thiophene rings is 1. The third-order valence-corrected chi connectivity index (χ3v) is 5.68. The number of benzene rings is 1. The van der Waals surface area contributed by atoms with E-state index in [9.17, 15) is 9.59 Å². The summed E-state index contributed by atoms with van der Waals surface area (Å²) in [4.78, 5) is 24.1. The first-order valence-electron chi connectivity index (χ1n) is 6.78. The van der Waals surface area contributed by atoms with Gasteiger partial charge in [0.05, 0.1) is 16.8 Å². The molecule has 122 valence electrons. The molecule has 1 aromatic carbocycles. The van der Waals surface area contributed by atoms with Gasteiger partial charge >= 0.3 is 11.9 Å². The summed E-state index contributed by atoms with van der Waals surface area (Å²) in [6.07, 6.45) is -0.831. The summed E-state index contributed by atoms with van der Waals surface area (Å²) in [5.41, 5.74) is 0. The summed E-state index contributed by atoms with van der Waals surface area (Å²) in [6, 6.07) is 3.40. The standard InChI is InChI=1S/C15H12Cl2O5S/c1-6-5-9(14(18)21-6)22-15(19)13-10(16)7-3-4-8(20-2)11(17)12(7)23-13/h3-4,6,9H,5H2,1-2H3/t6-,9+/m0/s1. The van der Waals surface area contributed by atoms with Crippen LogP contribution >= 0.6 is 34.5 Å². The molecule has 0 unspecified atom stereocenters. The highest BCUT2D eigenvalue weighted by molar-refractivity contribution is 7.22. The highest BCUT2D eigenvalue weighted by Gasteiger charge is 2.36. The van der Waals surface area contributed by atoms with E-state index in [1.165, 1.54) is 7.11 Å². The number of rotatable bonds is 3. The predicted octanol–water partition coefficient (Wildman–Crippen LogP) is 4.08. The molecule has 1 aromatic heterocycles. The van der Waals surface area contributed by atoms with Crippen LogP contribution in [0.25, 0.3) is 10.1 Å². The molecule has 3 rings (SSSR count). The molecule has 0 radical (unpaired) electrons. The molecule has 0 amide bonds. The van der Waals surface area contributed by atoms with Crippen molar-refractivity contribution in [3.63, 3.8) is 0 Å². The van der Waals surface area contributed by atoms with Gasteiger partial charge < -0.3 is 14.2 Å². The molecular formula is C15H12Cl2O5S. The fourth-order valence-electron chi connectivity index (χ4n) is 2.37. The van der Waals surface area contributed by atoms with E-state index in [0.29, 0.717) is 27.3 Å². The lowest BCUT2D eigenvalue weighted by atomic mass is 10.2. The predicted molar refractivity (Wildman–Crippen MR) is 87.8 cm³/mol. The molecule has 23 heavy (non-hydrogen) atoms. The zero-order valence-corrected chi connectivity index (χ0v) is 14.6. The van der Waals surface area contributed by atoms with Crippen LogP contribution in [0.3, 0.4) is 0 Å². The molecule has 0 bridgehead atoms. The molecule has 1 aliphatic heterocycles. The van der Waals surface area contributed by atoms with Crippen molar-refractivity contribution in [2.24, 2.45) is 0 Å². The Morgan fingerprint density at radius 2 is 2.09 bits per heavy atom. The normalized spacial score (nSPS) is 20.6. The lowest BCUT2D eigenvalue weighted by Crippen LogP contribution is -2.22. The fraction of sp³-hybridized carbons (Fsp3) is 0.333. The summed E-state index contributed by atoms with van der Waals surface area (Å²) in [5.74, 6) is -0.713. The Balaban J connectivity index is 1.93. The van der Waals surface area contributed by atoms with Crippen molar-refractivity contribution >= 4 is 56.6 Å². The average molecular weight is 375 g/mol. The number of hydrogen-bond donors (Lipinski definition) is 0. The minimum atomic E-state index is -0.899. The van der Waals surface area contributed by atoms with Crippen LogP contribution in [0, 0.1) is 0 Å². The van der Waals surface area contributed by atoms with Crippen LogP contribution in [0.4, 0.5) is 0 Å². The summed E-state index contributed by atoms with van der Waals surface area (Å²) in [5, 5.41) is 1.26. The molecule has 2 heterocycles. The number of hydrogen-bond acceptors (Lipinski definition) is 6. The summed E-state index contributed by atoms with van der Waals surface area (Å²) >= 11 is 13.6. The van der Waals surface area contributed by atoms with E-state index < -0.39 is 18.0 Å². The Hall–Kier alpha value is -1.50. The van der Waals surface area contributed by atoms with Gasteiger partial charge in [-0.25, -0.2) is 9.59 Å². The van der Waals surface area contributed by atoms with Crippen LogP contribution < -0.4 is 4.74 Å². The van der Waals surface area contributed by atoms with Crippen molar-refractivity contribution in [1.29, 1.82) is 0 Å². The molecule has 0 saturated carbocycles. The minimum absolute atomic E-state index is 0.198. The Morgan fingerprint density at radius 1 is 1.35 bits per heavy atom. The van der Waals surface area contributed by atoms with Crippen molar-refractivity contribution in [1.82, 2.24) is 0 Å². The minimum Gasteiger partial charge on any atom is -0.495 e. The van der Waals surface area contributed by atoms with E-state index in [-0.39, 0.29) is 16.0 Å². The number of carbonyl (C=O) groups excluding carboxylic acids is 2. The van der Waals surface area contributed by atoms with E-state index in [0.717, 1.165) is 11.3 Å². The smallest absolute Gasteiger partial charge is 0.350 e. The maximum atomic E-state index is 12.3. The first-order chi connectivity index (χ1) is 10.9. The second kappa shape index (κ2) is 6.19. The van der Waals surface area contributed by atoms with Crippen LogP contribution in [-0.2, 0) is 14.3 Å². The zero-order chi connectivity index (χ0) is 16.7. The largest absolute Gasteiger partial charge is 0.495 e. The molecule has 0 aliphatic carbocycles. The van der Waals surface area contributed by atoms with E-state index in [1.807, 2.05) is 0 Å². The quantitative estimate of drug-likeness (QED) is 0.757. The van der Waals surface area contributed by atoms with Crippen LogP contribution in [0.2, 0.25) is 10.0 Å². The molecule has 2 atom stereocenters. The SMILES string of the molecule is COc1ccc2c(Cl)c(C(=O)O[C@@H]3C[C@H](C)OC3=O)sc2c1Cl. The van der Waals surface area contributed by atoms with Gasteiger partial charge in [-0.3, -0.25) is 0 Å². The van der Waals surface area contributed by atoms with Crippen molar-refractivity contribution in [2.75, 3.05) is 7.11 Å². The number of methoxy groups -OCH3 is 1. The summed E-state index contributed by atoms with van der Waals surface area (Å²) in [7, 11) is 1.50. The summed E-state index contributed by atoms with van der Waals surface area (Å²) in [6.45, 7) is 1.74. The molecular weight excluding hydrogens is 363 g/mol. The van der Waals surface area contributed by atoms with E-state index >= 15 is 0 Å². The maximum absolute atomic E-state index is 12.3.